The molecule has 0 amide bonds. The topological polar surface area (TPSA) is 28.2 Å². The summed E-state index contributed by atoms with van der Waals surface area (Å²) < 4.78 is 0. The Morgan fingerprint density at radius 3 is 2.67 bits per heavy atom. The van der Waals surface area contributed by atoms with E-state index in [0.717, 1.165) is 28.8 Å². The molecule has 0 aliphatic carbocycles. The summed E-state index contributed by atoms with van der Waals surface area (Å²) in [6.07, 6.45) is 0. The Labute approximate surface area is 136 Å². The minimum atomic E-state index is 0.437. The molecule has 0 fully saturated rings. The van der Waals surface area contributed by atoms with Gasteiger partial charge in [0, 0.05) is 30.0 Å². The SMILES string of the molecule is CNCc1sc(N(C)Cc2ccccc2Cl)nc1C(C)C. The van der Waals surface area contributed by atoms with Gasteiger partial charge in [0.25, 0.3) is 0 Å². The van der Waals surface area contributed by atoms with Gasteiger partial charge in [0.15, 0.2) is 5.13 Å². The molecule has 1 heterocycles. The molecule has 0 aliphatic heterocycles. The number of thiazole rings is 1. The Kier molecular flexibility index (Phi) is 5.62. The zero-order valence-electron chi connectivity index (χ0n) is 13.0. The molecule has 0 unspecified atom stereocenters. The van der Waals surface area contributed by atoms with E-state index in [-0.39, 0.29) is 0 Å². The van der Waals surface area contributed by atoms with Crippen molar-refractivity contribution >= 4 is 28.1 Å². The molecular formula is C16H22ClN3S. The molecule has 3 nitrogen and oxygen atoms in total. The van der Waals surface area contributed by atoms with Crippen molar-refractivity contribution in [2.45, 2.75) is 32.9 Å². The monoisotopic (exact) mass is 323 g/mol. The zero-order chi connectivity index (χ0) is 15.4. The highest BCUT2D eigenvalue weighted by Gasteiger charge is 2.16. The first-order chi connectivity index (χ1) is 10.0. The van der Waals surface area contributed by atoms with Crippen molar-refractivity contribution in [2.75, 3.05) is 19.0 Å². The number of nitrogens with zero attached hydrogens (tertiary/aromatic N) is 2. The van der Waals surface area contributed by atoms with Crippen LogP contribution >= 0.6 is 22.9 Å². The molecule has 2 rings (SSSR count). The molecule has 1 aromatic heterocycles. The smallest absolute Gasteiger partial charge is 0.185 e. The predicted molar refractivity (Wildman–Crippen MR) is 92.5 cm³/mol. The molecule has 1 N–H and O–H groups in total. The third-order valence-electron chi connectivity index (χ3n) is 3.29. The summed E-state index contributed by atoms with van der Waals surface area (Å²) in [6.45, 7) is 6.01. The van der Waals surface area contributed by atoms with E-state index in [1.54, 1.807) is 11.3 Å². The summed E-state index contributed by atoms with van der Waals surface area (Å²) >= 11 is 7.99. The lowest BCUT2D eigenvalue weighted by Gasteiger charge is -2.16. The van der Waals surface area contributed by atoms with E-state index in [9.17, 15) is 0 Å². The molecule has 21 heavy (non-hydrogen) atoms. The Morgan fingerprint density at radius 1 is 1.33 bits per heavy atom. The van der Waals surface area contributed by atoms with Crippen LogP contribution in [0.2, 0.25) is 5.02 Å². The van der Waals surface area contributed by atoms with Gasteiger partial charge in [-0.15, -0.1) is 11.3 Å². The van der Waals surface area contributed by atoms with Gasteiger partial charge in [-0.05, 0) is 24.6 Å². The maximum absolute atomic E-state index is 6.24. The highest BCUT2D eigenvalue weighted by atomic mass is 35.5. The summed E-state index contributed by atoms with van der Waals surface area (Å²) in [5, 5.41) is 5.07. The number of benzene rings is 1. The molecule has 114 valence electrons. The summed E-state index contributed by atoms with van der Waals surface area (Å²) in [7, 11) is 4.03. The van der Waals surface area contributed by atoms with Crippen molar-refractivity contribution < 1.29 is 0 Å². The summed E-state index contributed by atoms with van der Waals surface area (Å²) in [5.74, 6) is 0.437. The van der Waals surface area contributed by atoms with Gasteiger partial charge in [0.05, 0.1) is 5.69 Å². The van der Waals surface area contributed by atoms with Gasteiger partial charge >= 0.3 is 0 Å². The second-order valence-electron chi connectivity index (χ2n) is 5.44. The minimum absolute atomic E-state index is 0.437. The van der Waals surface area contributed by atoms with Gasteiger partial charge in [-0.1, -0.05) is 43.6 Å². The van der Waals surface area contributed by atoms with Crippen molar-refractivity contribution in [2.24, 2.45) is 0 Å². The van der Waals surface area contributed by atoms with Crippen molar-refractivity contribution in [3.63, 3.8) is 0 Å². The predicted octanol–water partition coefficient (Wildman–Crippen LogP) is 4.28. The molecule has 2 aromatic rings. The van der Waals surface area contributed by atoms with E-state index in [1.165, 1.54) is 10.6 Å². The van der Waals surface area contributed by atoms with E-state index in [1.807, 2.05) is 25.2 Å². The number of rotatable bonds is 6. The Bertz CT molecular complexity index is 595. The molecule has 0 spiro atoms. The van der Waals surface area contributed by atoms with Crippen molar-refractivity contribution in [3.05, 3.63) is 45.4 Å². The first-order valence-corrected chi connectivity index (χ1v) is 8.31. The van der Waals surface area contributed by atoms with Crippen LogP contribution in [0.3, 0.4) is 0 Å². The van der Waals surface area contributed by atoms with Crippen LogP contribution in [0.25, 0.3) is 0 Å². The molecule has 0 atom stereocenters. The second-order valence-corrected chi connectivity index (χ2v) is 6.91. The van der Waals surface area contributed by atoms with Gasteiger partial charge in [0.1, 0.15) is 0 Å². The summed E-state index contributed by atoms with van der Waals surface area (Å²) in [4.78, 5) is 8.29. The minimum Gasteiger partial charge on any atom is -0.347 e. The molecule has 0 aliphatic rings. The number of halogens is 1. The van der Waals surface area contributed by atoms with Crippen LogP contribution in [0.5, 0.6) is 0 Å². The summed E-state index contributed by atoms with van der Waals surface area (Å²) in [6, 6.07) is 7.96. The Morgan fingerprint density at radius 2 is 2.05 bits per heavy atom. The van der Waals surface area contributed by atoms with Crippen LogP contribution in [0.4, 0.5) is 5.13 Å². The normalized spacial score (nSPS) is 11.1. The lowest BCUT2D eigenvalue weighted by Crippen LogP contribution is -2.16. The average molecular weight is 324 g/mol. The van der Waals surface area contributed by atoms with E-state index in [0.29, 0.717) is 5.92 Å². The van der Waals surface area contributed by atoms with Crippen molar-refractivity contribution in [1.82, 2.24) is 10.3 Å². The highest BCUT2D eigenvalue weighted by molar-refractivity contribution is 7.15. The lowest BCUT2D eigenvalue weighted by molar-refractivity contribution is 0.768. The number of hydrogen-bond donors (Lipinski definition) is 1. The lowest BCUT2D eigenvalue weighted by atomic mass is 10.1. The number of anilines is 1. The van der Waals surface area contributed by atoms with Crippen molar-refractivity contribution in [1.29, 1.82) is 0 Å². The molecule has 0 bridgehead atoms. The van der Waals surface area contributed by atoms with Gasteiger partial charge in [0.2, 0.25) is 0 Å². The van der Waals surface area contributed by atoms with E-state index >= 15 is 0 Å². The number of nitrogens with one attached hydrogen (secondary N) is 1. The summed E-state index contributed by atoms with van der Waals surface area (Å²) in [5.41, 5.74) is 2.31. The molecule has 0 saturated carbocycles. The molecule has 5 heteroatoms. The van der Waals surface area contributed by atoms with Gasteiger partial charge in [-0.25, -0.2) is 4.98 Å². The first kappa shape index (κ1) is 16.3. The van der Waals surface area contributed by atoms with Crippen LogP contribution in [0.15, 0.2) is 24.3 Å². The quantitative estimate of drug-likeness (QED) is 0.860. The van der Waals surface area contributed by atoms with Crippen molar-refractivity contribution in [3.8, 4) is 0 Å². The zero-order valence-corrected chi connectivity index (χ0v) is 14.6. The third kappa shape index (κ3) is 3.96. The van der Waals surface area contributed by atoms with Crippen LogP contribution in [-0.4, -0.2) is 19.1 Å². The van der Waals surface area contributed by atoms with Crippen LogP contribution in [0, 0.1) is 0 Å². The second kappa shape index (κ2) is 7.25. The van der Waals surface area contributed by atoms with E-state index < -0.39 is 0 Å². The first-order valence-electron chi connectivity index (χ1n) is 7.11. The van der Waals surface area contributed by atoms with Gasteiger partial charge < -0.3 is 10.2 Å². The fourth-order valence-corrected chi connectivity index (χ4v) is 3.58. The average Bonchev–Trinajstić information content (AvgIpc) is 2.86. The third-order valence-corrected chi connectivity index (χ3v) is 4.85. The van der Waals surface area contributed by atoms with Gasteiger partial charge in [-0.2, -0.15) is 0 Å². The van der Waals surface area contributed by atoms with Crippen LogP contribution in [0.1, 0.15) is 35.9 Å². The highest BCUT2D eigenvalue weighted by Crippen LogP contribution is 2.31. The largest absolute Gasteiger partial charge is 0.347 e. The molecule has 0 saturated heterocycles. The van der Waals surface area contributed by atoms with Gasteiger partial charge in [-0.3, -0.25) is 0 Å². The standard InChI is InChI=1S/C16H22ClN3S/c1-11(2)15-14(9-18-3)21-16(19-15)20(4)10-12-7-5-6-8-13(12)17/h5-8,11,18H,9-10H2,1-4H3. The van der Waals surface area contributed by atoms with E-state index in [2.05, 4.69) is 37.2 Å². The number of hydrogen-bond acceptors (Lipinski definition) is 4. The molecular weight excluding hydrogens is 302 g/mol. The Balaban J connectivity index is 2.21. The number of aromatic nitrogens is 1. The fourth-order valence-electron chi connectivity index (χ4n) is 2.20. The maximum Gasteiger partial charge on any atom is 0.185 e. The molecule has 0 radical (unpaired) electrons. The Hall–Kier alpha value is -1.10. The maximum atomic E-state index is 6.24. The van der Waals surface area contributed by atoms with Crippen LogP contribution in [-0.2, 0) is 13.1 Å². The van der Waals surface area contributed by atoms with E-state index in [4.69, 9.17) is 16.6 Å². The molecule has 1 aromatic carbocycles. The van der Waals surface area contributed by atoms with Crippen LogP contribution < -0.4 is 10.2 Å². The fraction of sp³-hybridized carbons (Fsp3) is 0.438.